The van der Waals surface area contributed by atoms with Crippen LogP contribution >= 0.6 is 0 Å². The molecule has 0 atom stereocenters. The summed E-state index contributed by atoms with van der Waals surface area (Å²) in [7, 11) is 2.00. The van der Waals surface area contributed by atoms with Gasteiger partial charge in [-0.2, -0.15) is 0 Å². The van der Waals surface area contributed by atoms with Crippen molar-refractivity contribution in [1.82, 2.24) is 5.32 Å². The van der Waals surface area contributed by atoms with E-state index in [2.05, 4.69) is 39.9 Å². The minimum absolute atomic E-state index is 0.613. The van der Waals surface area contributed by atoms with E-state index in [1.807, 2.05) is 7.05 Å². The fraction of sp³-hybridized carbons (Fsp3) is 0.800. The van der Waals surface area contributed by atoms with Gasteiger partial charge in [-0.3, -0.25) is 0 Å². The summed E-state index contributed by atoms with van der Waals surface area (Å²) in [4.78, 5) is 0. The van der Waals surface area contributed by atoms with Gasteiger partial charge < -0.3 is 5.32 Å². The Labute approximate surface area is 70.9 Å². The summed E-state index contributed by atoms with van der Waals surface area (Å²) in [5, 5.41) is 3.26. The molecule has 0 fully saturated rings. The lowest BCUT2D eigenvalue weighted by Gasteiger charge is -2.17. The Morgan fingerprint density at radius 3 is 1.55 bits per heavy atom. The molecule has 0 radical (unpaired) electrons. The highest BCUT2D eigenvalue weighted by molar-refractivity contribution is 5.13. The molecular weight excluding hydrogens is 134 g/mol. The zero-order valence-corrected chi connectivity index (χ0v) is 8.65. The van der Waals surface area contributed by atoms with Crippen LogP contribution in [-0.4, -0.2) is 7.05 Å². The first-order valence-corrected chi connectivity index (χ1v) is 4.39. The topological polar surface area (TPSA) is 12.0 Å². The fourth-order valence-corrected chi connectivity index (χ4v) is 1.25. The first-order valence-electron chi connectivity index (χ1n) is 4.39. The monoisotopic (exact) mass is 155 g/mol. The highest BCUT2D eigenvalue weighted by Crippen LogP contribution is 2.17. The molecule has 0 aliphatic rings. The molecule has 1 heteroatoms. The molecule has 0 spiro atoms. The molecule has 1 nitrogen and oxygen atoms in total. The summed E-state index contributed by atoms with van der Waals surface area (Å²) < 4.78 is 0. The van der Waals surface area contributed by atoms with Gasteiger partial charge in [-0.05, 0) is 18.8 Å². The average Bonchev–Trinajstić information content (AvgIpc) is 1.88. The van der Waals surface area contributed by atoms with E-state index in [1.165, 1.54) is 11.3 Å². The third-order valence-electron chi connectivity index (χ3n) is 2.14. The zero-order chi connectivity index (χ0) is 9.02. The summed E-state index contributed by atoms with van der Waals surface area (Å²) in [5.41, 5.74) is 2.86. The molecule has 0 bridgehead atoms. The largest absolute Gasteiger partial charge is 0.391 e. The highest BCUT2D eigenvalue weighted by atomic mass is 14.8. The van der Waals surface area contributed by atoms with Crippen molar-refractivity contribution >= 4 is 0 Å². The van der Waals surface area contributed by atoms with Crippen molar-refractivity contribution in [2.24, 2.45) is 11.8 Å². The molecule has 0 amide bonds. The van der Waals surface area contributed by atoms with Crippen molar-refractivity contribution < 1.29 is 0 Å². The lowest BCUT2D eigenvalue weighted by molar-refractivity contribution is 0.643. The first-order chi connectivity index (χ1) is 5.00. The second-order valence-corrected chi connectivity index (χ2v) is 3.66. The standard InChI is InChI=1S/C10H21N/c1-7(2)9(5)10(11-6)8(3)4/h7-8,11H,1-6H3/b10-9+. The van der Waals surface area contributed by atoms with Crippen molar-refractivity contribution in [3.63, 3.8) is 0 Å². The van der Waals surface area contributed by atoms with Gasteiger partial charge in [0.1, 0.15) is 0 Å². The van der Waals surface area contributed by atoms with Gasteiger partial charge >= 0.3 is 0 Å². The average molecular weight is 155 g/mol. The lowest BCUT2D eigenvalue weighted by atomic mass is 9.97. The van der Waals surface area contributed by atoms with E-state index in [1.54, 1.807) is 0 Å². The van der Waals surface area contributed by atoms with Gasteiger partial charge in [-0.1, -0.05) is 33.3 Å². The van der Waals surface area contributed by atoms with Crippen LogP contribution in [0.25, 0.3) is 0 Å². The Bertz CT molecular complexity index is 143. The van der Waals surface area contributed by atoms with Crippen molar-refractivity contribution in [3.8, 4) is 0 Å². The summed E-state index contributed by atoms with van der Waals surface area (Å²) >= 11 is 0. The summed E-state index contributed by atoms with van der Waals surface area (Å²) in [6.45, 7) is 11.1. The Morgan fingerprint density at radius 2 is 1.45 bits per heavy atom. The minimum atomic E-state index is 0.613. The van der Waals surface area contributed by atoms with E-state index in [0.717, 1.165) is 0 Å². The minimum Gasteiger partial charge on any atom is -0.391 e. The second kappa shape index (κ2) is 4.42. The molecule has 0 rings (SSSR count). The lowest BCUT2D eigenvalue weighted by Crippen LogP contribution is -2.15. The smallest absolute Gasteiger partial charge is 0.0122 e. The van der Waals surface area contributed by atoms with Crippen LogP contribution < -0.4 is 5.32 Å². The van der Waals surface area contributed by atoms with Gasteiger partial charge in [0.05, 0.1) is 0 Å². The van der Waals surface area contributed by atoms with Crippen LogP contribution in [0.3, 0.4) is 0 Å². The van der Waals surface area contributed by atoms with E-state index in [9.17, 15) is 0 Å². The van der Waals surface area contributed by atoms with Crippen LogP contribution in [0, 0.1) is 11.8 Å². The SMILES string of the molecule is CN/C(=C(\C)C(C)C)C(C)C. The van der Waals surface area contributed by atoms with Crippen LogP contribution in [0.2, 0.25) is 0 Å². The summed E-state index contributed by atoms with van der Waals surface area (Å²) in [5.74, 6) is 1.27. The van der Waals surface area contributed by atoms with Crippen LogP contribution in [0.4, 0.5) is 0 Å². The Morgan fingerprint density at radius 1 is 1.00 bits per heavy atom. The van der Waals surface area contributed by atoms with E-state index in [-0.39, 0.29) is 0 Å². The maximum atomic E-state index is 3.26. The summed E-state index contributed by atoms with van der Waals surface area (Å²) in [6, 6.07) is 0. The van der Waals surface area contributed by atoms with Crippen molar-refractivity contribution in [1.29, 1.82) is 0 Å². The maximum absolute atomic E-state index is 3.26. The summed E-state index contributed by atoms with van der Waals surface area (Å²) in [6.07, 6.45) is 0. The Balaban J connectivity index is 4.54. The van der Waals surface area contributed by atoms with E-state index < -0.39 is 0 Å². The molecule has 66 valence electrons. The number of rotatable bonds is 3. The molecule has 0 aliphatic heterocycles. The number of nitrogens with one attached hydrogen (secondary N) is 1. The molecule has 1 N–H and O–H groups in total. The molecule has 0 aromatic carbocycles. The zero-order valence-electron chi connectivity index (χ0n) is 8.65. The molecule has 11 heavy (non-hydrogen) atoms. The molecule has 0 aliphatic carbocycles. The van der Waals surface area contributed by atoms with Gasteiger partial charge in [0.25, 0.3) is 0 Å². The Kier molecular flexibility index (Phi) is 4.24. The van der Waals surface area contributed by atoms with Crippen molar-refractivity contribution in [2.45, 2.75) is 34.6 Å². The third kappa shape index (κ3) is 2.96. The van der Waals surface area contributed by atoms with Gasteiger partial charge in [0.2, 0.25) is 0 Å². The molecule has 0 aromatic rings. The van der Waals surface area contributed by atoms with E-state index in [4.69, 9.17) is 0 Å². The second-order valence-electron chi connectivity index (χ2n) is 3.66. The van der Waals surface area contributed by atoms with Crippen molar-refractivity contribution in [2.75, 3.05) is 7.05 Å². The molecular formula is C10H21N. The maximum Gasteiger partial charge on any atom is 0.0122 e. The van der Waals surface area contributed by atoms with Gasteiger partial charge in [0.15, 0.2) is 0 Å². The normalized spacial score (nSPS) is 13.8. The predicted molar refractivity (Wildman–Crippen MR) is 51.4 cm³/mol. The van der Waals surface area contributed by atoms with Crippen LogP contribution in [0.1, 0.15) is 34.6 Å². The molecule has 0 unspecified atom stereocenters. The fourth-order valence-electron chi connectivity index (χ4n) is 1.25. The molecule has 0 aromatic heterocycles. The molecule has 0 saturated heterocycles. The van der Waals surface area contributed by atoms with E-state index in [0.29, 0.717) is 11.8 Å². The number of hydrogen-bond donors (Lipinski definition) is 1. The van der Waals surface area contributed by atoms with Crippen LogP contribution in [0.15, 0.2) is 11.3 Å². The first kappa shape index (κ1) is 10.5. The quantitative estimate of drug-likeness (QED) is 0.661. The van der Waals surface area contributed by atoms with Gasteiger partial charge in [-0.15, -0.1) is 0 Å². The predicted octanol–water partition coefficient (Wildman–Crippen LogP) is 2.79. The van der Waals surface area contributed by atoms with Crippen molar-refractivity contribution in [3.05, 3.63) is 11.3 Å². The van der Waals surface area contributed by atoms with Crippen LogP contribution in [0.5, 0.6) is 0 Å². The van der Waals surface area contributed by atoms with Crippen LogP contribution in [-0.2, 0) is 0 Å². The Hall–Kier alpha value is -0.460. The third-order valence-corrected chi connectivity index (χ3v) is 2.14. The number of hydrogen-bond acceptors (Lipinski definition) is 1. The van der Waals surface area contributed by atoms with Gasteiger partial charge in [0, 0.05) is 12.7 Å². The van der Waals surface area contributed by atoms with Gasteiger partial charge in [-0.25, -0.2) is 0 Å². The highest BCUT2D eigenvalue weighted by Gasteiger charge is 2.07. The number of allylic oxidation sites excluding steroid dienone is 2. The van der Waals surface area contributed by atoms with E-state index >= 15 is 0 Å². The molecule has 0 saturated carbocycles. The molecule has 0 heterocycles.